The third-order valence-electron chi connectivity index (χ3n) is 4.35. The van der Waals surface area contributed by atoms with Crippen LogP contribution in [0.5, 0.6) is 0 Å². The van der Waals surface area contributed by atoms with Crippen molar-refractivity contribution >= 4 is 51.4 Å². The highest BCUT2D eigenvalue weighted by atomic mass is 79.9. The van der Waals surface area contributed by atoms with Crippen LogP contribution < -0.4 is 16.2 Å². The van der Waals surface area contributed by atoms with E-state index in [-0.39, 0.29) is 18.1 Å². The van der Waals surface area contributed by atoms with Gasteiger partial charge in [0.25, 0.3) is 11.8 Å². The van der Waals surface area contributed by atoms with E-state index in [0.29, 0.717) is 22.4 Å². The Bertz CT molecular complexity index is 765. The monoisotopic (exact) mass is 474 g/mol. The molecule has 0 aromatic heterocycles. The first-order chi connectivity index (χ1) is 12.9. The number of nitrogens with one attached hydrogen (secondary N) is 1. The molecule has 0 radical (unpaired) electrons. The molecule has 3 atom stereocenters. The molecule has 11 heteroatoms. The number of hydrogen-bond acceptors (Lipinski definition) is 6. The minimum Gasteiger partial charge on any atom is -0.543 e. The van der Waals surface area contributed by atoms with E-state index < -0.39 is 34.0 Å². The number of thioether (sulfide) groups is 1. The maximum Gasteiger partial charge on any atom is 0.272 e. The number of aliphatic carboxylic acids is 1. The molecular formula is C17H23BrN4O5S. The number of carbonyl (C=O) groups excluding carboxylic acids is 4. The van der Waals surface area contributed by atoms with Crippen LogP contribution in [0.1, 0.15) is 6.92 Å². The summed E-state index contributed by atoms with van der Waals surface area (Å²) in [4.78, 5) is 47.8. The predicted octanol–water partition coefficient (Wildman–Crippen LogP) is -1.71. The maximum absolute atomic E-state index is 12.4. The number of likely N-dealkylation sites (N-methyl/N-ethyl adjacent to an activating group) is 1. The molecule has 28 heavy (non-hydrogen) atoms. The van der Waals surface area contributed by atoms with E-state index in [1.165, 1.54) is 11.8 Å². The van der Waals surface area contributed by atoms with Crippen LogP contribution in [-0.2, 0) is 19.2 Å². The lowest BCUT2D eigenvalue weighted by molar-refractivity contribution is -0.876. The summed E-state index contributed by atoms with van der Waals surface area (Å²) in [5, 5.41) is 13.8. The van der Waals surface area contributed by atoms with Crippen LogP contribution in [0.3, 0.4) is 0 Å². The number of nitrogens with zero attached hydrogens (tertiary/aromatic N) is 2. The molecule has 2 rings (SSSR count). The molecule has 1 fully saturated rings. The van der Waals surface area contributed by atoms with Gasteiger partial charge in [-0.3, -0.25) is 19.3 Å². The number of fused-ring (bicyclic) bond motifs is 1. The molecule has 3 amide bonds. The number of quaternary nitrogens is 1. The van der Waals surface area contributed by atoms with Crippen molar-refractivity contribution in [3.63, 3.8) is 0 Å². The standard InChI is InChI=1S/C17H23BrN4O5S/c1-9(18)14(24)20-12-15(25)21-13(17(26)27)10(8-28-16(12)21)5-4-6-22(2,3)7-11(19)23/h4-5,9,12,16H,6-8H2,1-3H3,(H3-,19,20,23,24,26,27)/t9-,12-,16-/m1/s1. The Morgan fingerprint density at radius 2 is 2.11 bits per heavy atom. The second kappa shape index (κ2) is 8.66. The molecular weight excluding hydrogens is 452 g/mol. The van der Waals surface area contributed by atoms with Crippen molar-refractivity contribution < 1.29 is 28.8 Å². The van der Waals surface area contributed by atoms with E-state index in [2.05, 4.69) is 21.2 Å². The number of carboxylic acids is 1. The zero-order valence-electron chi connectivity index (χ0n) is 15.8. The Kier molecular flexibility index (Phi) is 6.94. The van der Waals surface area contributed by atoms with Gasteiger partial charge in [0.2, 0.25) is 5.91 Å². The fraction of sp³-hybridized carbons (Fsp3) is 0.529. The van der Waals surface area contributed by atoms with E-state index in [1.54, 1.807) is 19.1 Å². The first-order valence-electron chi connectivity index (χ1n) is 8.55. The van der Waals surface area contributed by atoms with E-state index in [9.17, 15) is 24.3 Å². The molecule has 0 bridgehead atoms. The number of hydrogen-bond donors (Lipinski definition) is 2. The summed E-state index contributed by atoms with van der Waals surface area (Å²) in [6, 6.07) is -0.761. The lowest BCUT2D eigenvalue weighted by Gasteiger charge is -2.50. The number of halogens is 1. The van der Waals surface area contributed by atoms with Gasteiger partial charge in [0.05, 0.1) is 37.1 Å². The van der Waals surface area contributed by atoms with E-state index in [1.807, 2.05) is 14.1 Å². The fourth-order valence-corrected chi connectivity index (χ4v) is 4.45. The van der Waals surface area contributed by atoms with Crippen molar-refractivity contribution in [1.82, 2.24) is 10.2 Å². The summed E-state index contributed by atoms with van der Waals surface area (Å²) >= 11 is 4.51. The van der Waals surface area contributed by atoms with E-state index in [4.69, 9.17) is 5.73 Å². The van der Waals surface area contributed by atoms with E-state index >= 15 is 0 Å². The average molecular weight is 475 g/mol. The molecule has 0 aromatic rings. The van der Waals surface area contributed by atoms with Gasteiger partial charge in [0, 0.05) is 5.75 Å². The van der Waals surface area contributed by atoms with Crippen molar-refractivity contribution in [2.45, 2.75) is 23.2 Å². The highest BCUT2D eigenvalue weighted by molar-refractivity contribution is 9.10. The molecule has 3 N–H and O–H groups in total. The van der Waals surface area contributed by atoms with Crippen molar-refractivity contribution in [2.75, 3.05) is 32.9 Å². The number of rotatable bonds is 8. The minimum atomic E-state index is -1.44. The van der Waals surface area contributed by atoms with Gasteiger partial charge in [0.15, 0.2) is 6.54 Å². The predicted molar refractivity (Wildman–Crippen MR) is 106 cm³/mol. The molecule has 0 spiro atoms. The Hall–Kier alpha value is -1.85. The fourth-order valence-electron chi connectivity index (χ4n) is 2.99. The molecule has 1 saturated heterocycles. The van der Waals surface area contributed by atoms with E-state index in [0.717, 1.165) is 4.90 Å². The summed E-state index contributed by atoms with van der Waals surface area (Å²) in [5.41, 5.74) is 5.50. The molecule has 2 aliphatic rings. The topological polar surface area (TPSA) is 133 Å². The van der Waals surface area contributed by atoms with Crippen LogP contribution >= 0.6 is 27.7 Å². The van der Waals surface area contributed by atoms with Gasteiger partial charge >= 0.3 is 0 Å². The van der Waals surface area contributed by atoms with Crippen LogP contribution in [0.25, 0.3) is 0 Å². The highest BCUT2D eigenvalue weighted by Gasteiger charge is 2.52. The second-order valence-electron chi connectivity index (χ2n) is 7.32. The number of carboxylic acid groups (broad SMARTS) is 1. The number of β-lactam (4-membered cyclic amide) rings is 1. The zero-order chi connectivity index (χ0) is 21.2. The van der Waals surface area contributed by atoms with Gasteiger partial charge in [-0.2, -0.15) is 0 Å². The van der Waals surface area contributed by atoms with Crippen LogP contribution in [0, 0.1) is 0 Å². The molecule has 154 valence electrons. The summed E-state index contributed by atoms with van der Waals surface area (Å²) < 4.78 is 0.316. The van der Waals surface area contributed by atoms with Crippen molar-refractivity contribution in [3.8, 4) is 0 Å². The largest absolute Gasteiger partial charge is 0.543 e. The first-order valence-corrected chi connectivity index (χ1v) is 10.5. The smallest absolute Gasteiger partial charge is 0.272 e. The third-order valence-corrected chi connectivity index (χ3v) is 6.07. The Morgan fingerprint density at radius 3 is 2.64 bits per heavy atom. The summed E-state index contributed by atoms with van der Waals surface area (Å²) in [6.45, 7) is 2.24. The average Bonchev–Trinajstić information content (AvgIpc) is 2.57. The zero-order valence-corrected chi connectivity index (χ0v) is 18.2. The summed E-state index contributed by atoms with van der Waals surface area (Å²) in [7, 11) is 3.65. The van der Waals surface area contributed by atoms with Gasteiger partial charge < -0.3 is 25.4 Å². The van der Waals surface area contributed by atoms with Crippen molar-refractivity contribution in [3.05, 3.63) is 23.4 Å². The Balaban J connectivity index is 2.16. The van der Waals surface area contributed by atoms with Gasteiger partial charge in [-0.25, -0.2) is 0 Å². The van der Waals surface area contributed by atoms with Gasteiger partial charge in [-0.15, -0.1) is 11.8 Å². The van der Waals surface area contributed by atoms with Crippen LogP contribution in [-0.4, -0.2) is 82.3 Å². The Labute approximate surface area is 175 Å². The van der Waals surface area contributed by atoms with Crippen molar-refractivity contribution in [2.24, 2.45) is 5.73 Å². The van der Waals surface area contributed by atoms with Crippen LogP contribution in [0.4, 0.5) is 0 Å². The SMILES string of the molecule is C[C@@H](Br)C(=O)N[C@@H]1C(=O)N2C(C(=O)[O-])=C(C=CC[N+](C)(C)CC(N)=O)CS[C@H]12. The lowest BCUT2D eigenvalue weighted by Crippen LogP contribution is -2.71. The number of allylic oxidation sites excluding steroid dienone is 1. The summed E-state index contributed by atoms with van der Waals surface area (Å²) in [5.74, 6) is -2.33. The summed E-state index contributed by atoms with van der Waals surface area (Å²) in [6.07, 6.45) is 3.38. The molecule has 2 heterocycles. The van der Waals surface area contributed by atoms with Gasteiger partial charge in [-0.1, -0.05) is 22.0 Å². The number of nitrogens with two attached hydrogens (primary N) is 1. The molecule has 0 aliphatic carbocycles. The van der Waals surface area contributed by atoms with Gasteiger partial charge in [0.1, 0.15) is 11.4 Å². The molecule has 0 saturated carbocycles. The third kappa shape index (κ3) is 4.95. The Morgan fingerprint density at radius 1 is 1.46 bits per heavy atom. The van der Waals surface area contributed by atoms with Crippen molar-refractivity contribution in [1.29, 1.82) is 0 Å². The number of amides is 3. The quantitative estimate of drug-likeness (QED) is 0.244. The number of primary amides is 1. The van der Waals surface area contributed by atoms with Crippen LogP contribution in [0.15, 0.2) is 23.4 Å². The maximum atomic E-state index is 12.4. The minimum absolute atomic E-state index is 0.144. The molecule has 9 nitrogen and oxygen atoms in total. The van der Waals surface area contributed by atoms with Gasteiger partial charge in [-0.05, 0) is 18.6 Å². The number of alkyl halides is 1. The normalized spacial score (nSPS) is 23.3. The van der Waals surface area contributed by atoms with Crippen LogP contribution in [0.2, 0.25) is 0 Å². The molecule has 0 aromatic carbocycles. The second-order valence-corrected chi connectivity index (χ2v) is 9.80. The number of carbonyl (C=O) groups is 4. The molecule has 0 unspecified atom stereocenters. The first kappa shape index (κ1) is 22.4. The molecule has 2 aliphatic heterocycles. The highest BCUT2D eigenvalue weighted by Crippen LogP contribution is 2.40. The lowest BCUT2D eigenvalue weighted by atomic mass is 10.0.